The van der Waals surface area contributed by atoms with Crippen LogP contribution in [0.25, 0.3) is 17.7 Å². The Morgan fingerprint density at radius 1 is 0.947 bits per heavy atom. The molecule has 0 heterocycles. The highest BCUT2D eigenvalue weighted by Gasteiger charge is 2.08. The highest BCUT2D eigenvalue weighted by atomic mass is 32.2. The van der Waals surface area contributed by atoms with Gasteiger partial charge in [-0.3, -0.25) is 4.21 Å². The molecule has 2 aromatic carbocycles. The number of rotatable bonds is 2. The summed E-state index contributed by atoms with van der Waals surface area (Å²) in [6.07, 6.45) is 8.13. The molecule has 1 nitrogen and oxygen atoms in total. The molecular formula is C17H14OS. The molecule has 3 rings (SSSR count). The predicted octanol–water partition coefficient (Wildman–Crippen LogP) is 3.99. The Bertz CT molecular complexity index is 693. The Labute approximate surface area is 115 Å². The van der Waals surface area contributed by atoms with E-state index in [0.29, 0.717) is 0 Å². The average Bonchev–Trinajstić information content (AvgIpc) is 2.83. The van der Waals surface area contributed by atoms with Gasteiger partial charge in [0.2, 0.25) is 0 Å². The number of fused-ring (bicyclic) bond motifs is 1. The van der Waals surface area contributed by atoms with Crippen LogP contribution in [-0.4, -0.2) is 10.5 Å². The summed E-state index contributed by atoms with van der Waals surface area (Å²) in [5, 5.41) is 0. The molecule has 0 aliphatic heterocycles. The summed E-state index contributed by atoms with van der Waals surface area (Å²) in [5.74, 6) is 0. The molecule has 19 heavy (non-hydrogen) atoms. The van der Waals surface area contributed by atoms with Gasteiger partial charge in [-0.25, -0.2) is 0 Å². The first-order valence-corrected chi connectivity index (χ1v) is 7.72. The highest BCUT2D eigenvalue weighted by molar-refractivity contribution is 7.84. The second kappa shape index (κ2) is 4.98. The van der Waals surface area contributed by atoms with Gasteiger partial charge in [0.15, 0.2) is 0 Å². The lowest BCUT2D eigenvalue weighted by Crippen LogP contribution is -1.86. The normalized spacial score (nSPS) is 16.6. The van der Waals surface area contributed by atoms with Crippen LogP contribution in [0.2, 0.25) is 0 Å². The van der Waals surface area contributed by atoms with Crippen LogP contribution in [-0.2, 0) is 10.8 Å². The monoisotopic (exact) mass is 266 g/mol. The lowest BCUT2D eigenvalue weighted by molar-refractivity contribution is 0.687. The van der Waals surface area contributed by atoms with Crippen LogP contribution in [0.5, 0.6) is 0 Å². The van der Waals surface area contributed by atoms with Crippen LogP contribution in [0.4, 0.5) is 0 Å². The quantitative estimate of drug-likeness (QED) is 0.803. The molecule has 1 aliphatic carbocycles. The second-order valence-electron chi connectivity index (χ2n) is 4.54. The Morgan fingerprint density at radius 3 is 2.42 bits per heavy atom. The minimum Gasteiger partial charge on any atom is -0.255 e. The fourth-order valence-corrected chi connectivity index (χ4v) is 2.76. The van der Waals surface area contributed by atoms with Crippen LogP contribution in [0.3, 0.4) is 0 Å². The summed E-state index contributed by atoms with van der Waals surface area (Å²) in [5.41, 5.74) is 4.89. The molecule has 0 fully saturated rings. The maximum absolute atomic E-state index is 11.3. The van der Waals surface area contributed by atoms with Gasteiger partial charge < -0.3 is 0 Å². The van der Waals surface area contributed by atoms with E-state index in [2.05, 4.69) is 42.5 Å². The molecule has 0 amide bonds. The zero-order chi connectivity index (χ0) is 13.2. The predicted molar refractivity (Wildman–Crippen MR) is 82.1 cm³/mol. The molecule has 0 radical (unpaired) electrons. The zero-order valence-electron chi connectivity index (χ0n) is 10.7. The molecular weight excluding hydrogens is 252 g/mol. The van der Waals surface area contributed by atoms with Gasteiger partial charge in [-0.05, 0) is 40.5 Å². The first-order valence-electron chi connectivity index (χ1n) is 6.17. The number of benzene rings is 2. The largest absolute Gasteiger partial charge is 0.255 e. The van der Waals surface area contributed by atoms with Gasteiger partial charge in [0.05, 0.1) is 0 Å². The van der Waals surface area contributed by atoms with Crippen molar-refractivity contribution in [3.63, 3.8) is 0 Å². The van der Waals surface area contributed by atoms with Crippen molar-refractivity contribution in [3.05, 3.63) is 71.3 Å². The average molecular weight is 266 g/mol. The first-order chi connectivity index (χ1) is 9.24. The molecule has 1 aliphatic rings. The van der Waals surface area contributed by atoms with Gasteiger partial charge in [-0.15, -0.1) is 0 Å². The van der Waals surface area contributed by atoms with E-state index in [1.807, 2.05) is 24.3 Å². The summed E-state index contributed by atoms with van der Waals surface area (Å²) < 4.78 is 11.3. The third kappa shape index (κ3) is 2.45. The van der Waals surface area contributed by atoms with E-state index in [0.717, 1.165) is 10.5 Å². The van der Waals surface area contributed by atoms with Crippen molar-refractivity contribution < 1.29 is 4.21 Å². The molecule has 0 N–H and O–H groups in total. The Kier molecular flexibility index (Phi) is 3.18. The molecule has 2 heteroatoms. The topological polar surface area (TPSA) is 17.1 Å². The van der Waals surface area contributed by atoms with Gasteiger partial charge in [-0.1, -0.05) is 48.6 Å². The first kappa shape index (κ1) is 12.1. The molecule has 0 saturated carbocycles. The van der Waals surface area contributed by atoms with Gasteiger partial charge in [-0.2, -0.15) is 0 Å². The summed E-state index contributed by atoms with van der Waals surface area (Å²) in [4.78, 5) is 0.865. The van der Waals surface area contributed by atoms with Gasteiger partial charge in [0, 0.05) is 22.0 Å². The Balaban J connectivity index is 1.95. The van der Waals surface area contributed by atoms with Crippen LogP contribution >= 0.6 is 0 Å². The Morgan fingerprint density at radius 2 is 1.68 bits per heavy atom. The van der Waals surface area contributed by atoms with Crippen molar-refractivity contribution in [1.82, 2.24) is 0 Å². The molecule has 0 saturated heterocycles. The zero-order valence-corrected chi connectivity index (χ0v) is 11.5. The van der Waals surface area contributed by atoms with Crippen molar-refractivity contribution in [2.45, 2.75) is 4.90 Å². The van der Waals surface area contributed by atoms with Crippen LogP contribution in [0, 0.1) is 0 Å². The summed E-state index contributed by atoms with van der Waals surface area (Å²) >= 11 is 0. The Hall–Kier alpha value is -1.93. The van der Waals surface area contributed by atoms with Crippen molar-refractivity contribution in [3.8, 4) is 0 Å². The van der Waals surface area contributed by atoms with Crippen LogP contribution < -0.4 is 0 Å². The van der Waals surface area contributed by atoms with Gasteiger partial charge in [0.1, 0.15) is 0 Å². The van der Waals surface area contributed by atoms with E-state index in [-0.39, 0.29) is 0 Å². The fourth-order valence-electron chi connectivity index (χ4n) is 2.24. The number of allylic oxidation sites excluding steroid dienone is 2. The van der Waals surface area contributed by atoms with E-state index in [1.54, 1.807) is 6.26 Å². The number of hydrogen-bond donors (Lipinski definition) is 0. The van der Waals surface area contributed by atoms with Crippen molar-refractivity contribution >= 4 is 28.5 Å². The molecule has 0 bridgehead atoms. The maximum Gasteiger partial charge on any atom is 0.0498 e. The third-order valence-electron chi connectivity index (χ3n) is 3.25. The smallest absolute Gasteiger partial charge is 0.0498 e. The molecule has 0 aromatic heterocycles. The summed E-state index contributed by atoms with van der Waals surface area (Å²) in [6, 6.07) is 16.2. The second-order valence-corrected chi connectivity index (χ2v) is 5.92. The van der Waals surface area contributed by atoms with Crippen molar-refractivity contribution in [2.75, 3.05) is 6.26 Å². The van der Waals surface area contributed by atoms with Crippen LogP contribution in [0.1, 0.15) is 16.7 Å². The lowest BCUT2D eigenvalue weighted by Gasteiger charge is -2.02. The molecule has 1 unspecified atom stereocenters. The SMILES string of the molecule is CS(=O)c1ccc(/C=C2/C=Cc3ccccc32)cc1. The van der Waals surface area contributed by atoms with E-state index >= 15 is 0 Å². The molecule has 2 aromatic rings. The summed E-state index contributed by atoms with van der Waals surface area (Å²) in [7, 11) is -0.912. The molecule has 1 atom stereocenters. The third-order valence-corrected chi connectivity index (χ3v) is 4.18. The minimum absolute atomic E-state index is 0.865. The highest BCUT2D eigenvalue weighted by Crippen LogP contribution is 2.30. The van der Waals surface area contributed by atoms with E-state index in [4.69, 9.17) is 0 Å². The van der Waals surface area contributed by atoms with E-state index in [9.17, 15) is 4.21 Å². The van der Waals surface area contributed by atoms with Crippen molar-refractivity contribution in [1.29, 1.82) is 0 Å². The standard InChI is InChI=1S/C17H14OS/c1-19(18)16-10-6-13(7-11-16)12-15-9-8-14-4-2-3-5-17(14)15/h2-12H,1H3/b15-12-. The van der Waals surface area contributed by atoms with Gasteiger partial charge in [0.25, 0.3) is 0 Å². The maximum atomic E-state index is 11.3. The lowest BCUT2D eigenvalue weighted by atomic mass is 10.0. The minimum atomic E-state index is -0.912. The number of hydrogen-bond acceptors (Lipinski definition) is 1. The molecule has 94 valence electrons. The van der Waals surface area contributed by atoms with Crippen LogP contribution in [0.15, 0.2) is 59.5 Å². The van der Waals surface area contributed by atoms with Gasteiger partial charge >= 0.3 is 0 Å². The fraction of sp³-hybridized carbons (Fsp3) is 0.0588. The van der Waals surface area contributed by atoms with Crippen molar-refractivity contribution in [2.24, 2.45) is 0 Å². The summed E-state index contributed by atoms with van der Waals surface area (Å²) in [6.45, 7) is 0. The van der Waals surface area contributed by atoms with E-state index < -0.39 is 10.8 Å². The van der Waals surface area contributed by atoms with E-state index in [1.165, 1.54) is 16.7 Å². The molecule has 0 spiro atoms.